The smallest absolute Gasteiger partial charge is 0.229 e. The highest BCUT2D eigenvalue weighted by atomic mass is 16.6. The van der Waals surface area contributed by atoms with Gasteiger partial charge < -0.3 is 63.3 Å². The summed E-state index contributed by atoms with van der Waals surface area (Å²) in [6.07, 6.45) is 50.4. The first kappa shape index (κ1) is 85.4. The van der Waals surface area contributed by atoms with Crippen molar-refractivity contribution >= 4 is 17.8 Å². The van der Waals surface area contributed by atoms with E-state index in [0.29, 0.717) is 141 Å². The molecular formula is C82H140N6O10. The van der Waals surface area contributed by atoms with Gasteiger partial charge in [0.2, 0.25) is 17.8 Å². The van der Waals surface area contributed by atoms with Crippen LogP contribution in [-0.2, 0) is 41.6 Å². The van der Waals surface area contributed by atoms with Gasteiger partial charge in [0.1, 0.15) is 18.1 Å². The number of anilines is 3. The topological polar surface area (TPSA) is 167 Å². The third kappa shape index (κ3) is 48.7. The number of rotatable bonds is 74. The van der Waals surface area contributed by atoms with E-state index in [1.807, 2.05) is 48.5 Å². The number of para-hydroxylation sites is 4. The summed E-state index contributed by atoms with van der Waals surface area (Å²) in [5.41, 5.74) is 2.15. The highest BCUT2D eigenvalue weighted by Crippen LogP contribution is 2.27. The van der Waals surface area contributed by atoms with Crippen molar-refractivity contribution in [3.8, 4) is 23.0 Å². The lowest BCUT2D eigenvalue weighted by Crippen LogP contribution is -2.16. The zero-order valence-electron chi connectivity index (χ0n) is 62.4. The average Bonchev–Trinajstić information content (AvgIpc) is 2.94. The van der Waals surface area contributed by atoms with E-state index < -0.39 is 0 Å². The Balaban J connectivity index is 1.13. The molecule has 0 aliphatic rings. The van der Waals surface area contributed by atoms with Gasteiger partial charge in [0, 0.05) is 50.6 Å². The lowest BCUT2D eigenvalue weighted by Gasteiger charge is -2.14. The molecule has 4 rings (SSSR count). The van der Waals surface area contributed by atoms with E-state index in [1.165, 1.54) is 212 Å². The number of nitrogens with zero attached hydrogens (tertiary/aromatic N) is 3. The van der Waals surface area contributed by atoms with E-state index in [-0.39, 0.29) is 0 Å². The second-order valence-corrected chi connectivity index (χ2v) is 26.4. The lowest BCUT2D eigenvalue weighted by molar-refractivity contribution is -0.00495. The first-order valence-electron chi connectivity index (χ1n) is 39.9. The van der Waals surface area contributed by atoms with Crippen molar-refractivity contribution in [3.63, 3.8) is 0 Å². The minimum absolute atomic E-state index is 0.391. The highest BCUT2D eigenvalue weighted by Gasteiger charge is 2.11. The molecule has 0 radical (unpaired) electrons. The number of hydrogen-bond donors (Lipinski definition) is 3. The van der Waals surface area contributed by atoms with Crippen LogP contribution in [0.3, 0.4) is 0 Å². The van der Waals surface area contributed by atoms with Crippen molar-refractivity contribution < 1.29 is 47.4 Å². The Hall–Kier alpha value is -4.97. The zero-order valence-corrected chi connectivity index (χ0v) is 62.4. The normalized spacial score (nSPS) is 11.4. The fraction of sp³-hybridized carbons (Fsp3) is 0.744. The van der Waals surface area contributed by atoms with Crippen LogP contribution in [0, 0.1) is 0 Å². The van der Waals surface area contributed by atoms with Crippen LogP contribution in [0.25, 0.3) is 0 Å². The highest BCUT2D eigenvalue weighted by molar-refractivity contribution is 5.42. The summed E-state index contributed by atoms with van der Waals surface area (Å²) in [5, 5.41) is 10.3. The maximum Gasteiger partial charge on any atom is 0.229 e. The SMILES string of the molecule is CCCCCCCCCCCCCCCOCc1ccccc1OCCCNc1nc(NCCCOc2ccccc2COCCCCCCCCCCCCCCC)nc(NCCCOc2ccccc2OCCOCCOCCOCCOCCCCCCCCCCCC)n1. The van der Waals surface area contributed by atoms with Crippen molar-refractivity contribution in [1.29, 1.82) is 0 Å². The fourth-order valence-corrected chi connectivity index (χ4v) is 11.7. The molecule has 0 amide bonds. The molecule has 16 heteroatoms. The van der Waals surface area contributed by atoms with Crippen LogP contribution < -0.4 is 34.9 Å². The summed E-state index contributed by atoms with van der Waals surface area (Å²) in [6.45, 7) is 17.7. The quantitative estimate of drug-likeness (QED) is 0.0357. The molecule has 0 saturated carbocycles. The van der Waals surface area contributed by atoms with Crippen LogP contribution >= 0.6 is 0 Å². The molecule has 16 nitrogen and oxygen atoms in total. The standard InChI is InChI=1S/C82H140N6O10/c1-4-7-10-13-16-19-22-24-26-29-32-35-44-59-93-72-74-49-37-39-51-76(74)95-61-46-55-83-80-86-81(84-56-47-62-96-77-52-40-38-50-75(77)73-94-60-45-36-33-30-27-25-23-20-17-14-11-8-5-2)88-82(87-80)85-57-48-63-97-78-53-41-42-54-79(78)98-71-70-92-69-68-91-67-66-90-65-64-89-58-43-34-31-28-21-18-15-12-9-6-3/h37-42,49-54H,4-36,43-48,55-73H2,1-3H3,(H3,83,84,85,86,87,88). The molecule has 4 aromatic rings. The van der Waals surface area contributed by atoms with Gasteiger partial charge in [-0.25, -0.2) is 0 Å². The van der Waals surface area contributed by atoms with E-state index >= 15 is 0 Å². The summed E-state index contributed by atoms with van der Waals surface area (Å²) in [4.78, 5) is 14.3. The molecule has 1 heterocycles. The van der Waals surface area contributed by atoms with Gasteiger partial charge in [-0.2, -0.15) is 15.0 Å². The van der Waals surface area contributed by atoms with Gasteiger partial charge in [-0.15, -0.1) is 0 Å². The Morgan fingerprint density at radius 3 is 0.776 bits per heavy atom. The summed E-state index contributed by atoms with van der Waals surface area (Å²) < 4.78 is 60.1. The Bertz CT molecular complexity index is 2270. The number of aromatic nitrogens is 3. The minimum atomic E-state index is 0.391. The summed E-state index contributed by atoms with van der Waals surface area (Å²) in [5.74, 6) is 4.51. The second kappa shape index (κ2) is 65.3. The molecule has 0 atom stereocenters. The van der Waals surface area contributed by atoms with Gasteiger partial charge >= 0.3 is 0 Å². The van der Waals surface area contributed by atoms with E-state index in [1.54, 1.807) is 0 Å². The molecule has 0 spiro atoms. The largest absolute Gasteiger partial charge is 0.493 e. The maximum absolute atomic E-state index is 6.31. The Morgan fingerprint density at radius 1 is 0.224 bits per heavy atom. The molecule has 0 unspecified atom stereocenters. The lowest BCUT2D eigenvalue weighted by atomic mass is 10.0. The Kier molecular flexibility index (Phi) is 57.0. The fourth-order valence-electron chi connectivity index (χ4n) is 11.7. The number of ether oxygens (including phenoxy) is 10. The van der Waals surface area contributed by atoms with Crippen molar-refractivity contribution in [2.45, 2.75) is 284 Å². The number of unbranched alkanes of at least 4 members (excludes halogenated alkanes) is 33. The second-order valence-electron chi connectivity index (χ2n) is 26.4. The van der Waals surface area contributed by atoms with Crippen LogP contribution in [0.4, 0.5) is 17.8 Å². The zero-order chi connectivity index (χ0) is 69.0. The van der Waals surface area contributed by atoms with Crippen LogP contribution in [0.15, 0.2) is 72.8 Å². The van der Waals surface area contributed by atoms with Gasteiger partial charge in [-0.05, 0) is 62.8 Å². The summed E-state index contributed by atoms with van der Waals surface area (Å²) in [6, 6.07) is 24.1. The van der Waals surface area contributed by atoms with Crippen LogP contribution in [0.2, 0.25) is 0 Å². The van der Waals surface area contributed by atoms with Crippen LogP contribution in [0.5, 0.6) is 23.0 Å². The van der Waals surface area contributed by atoms with E-state index in [4.69, 9.17) is 62.3 Å². The molecule has 0 bridgehead atoms. The van der Waals surface area contributed by atoms with Gasteiger partial charge in [0.05, 0.1) is 79.3 Å². The molecule has 1 aromatic heterocycles. The van der Waals surface area contributed by atoms with E-state index in [2.05, 4.69) is 61.0 Å². The molecule has 0 fully saturated rings. The van der Waals surface area contributed by atoms with Gasteiger partial charge in [0.15, 0.2) is 11.5 Å². The molecule has 98 heavy (non-hydrogen) atoms. The maximum atomic E-state index is 6.31. The van der Waals surface area contributed by atoms with Crippen molar-refractivity contribution in [2.24, 2.45) is 0 Å². The van der Waals surface area contributed by atoms with Crippen molar-refractivity contribution in [3.05, 3.63) is 83.9 Å². The van der Waals surface area contributed by atoms with Crippen molar-refractivity contribution in [2.75, 3.05) is 128 Å². The summed E-state index contributed by atoms with van der Waals surface area (Å²) in [7, 11) is 0. The summed E-state index contributed by atoms with van der Waals surface area (Å²) >= 11 is 0. The first-order valence-corrected chi connectivity index (χ1v) is 39.9. The van der Waals surface area contributed by atoms with Gasteiger partial charge in [0.25, 0.3) is 0 Å². The number of nitrogens with one attached hydrogen (secondary N) is 3. The Morgan fingerprint density at radius 2 is 0.459 bits per heavy atom. The average molecular weight is 1370 g/mol. The molecule has 0 aliphatic carbocycles. The van der Waals surface area contributed by atoms with Crippen LogP contribution in [-0.4, -0.2) is 127 Å². The predicted octanol–water partition coefficient (Wildman–Crippen LogP) is 21.1. The van der Waals surface area contributed by atoms with E-state index in [9.17, 15) is 0 Å². The molecule has 3 N–H and O–H groups in total. The molecular weight excluding hydrogens is 1230 g/mol. The monoisotopic (exact) mass is 1370 g/mol. The van der Waals surface area contributed by atoms with E-state index in [0.717, 1.165) is 74.6 Å². The molecule has 0 aliphatic heterocycles. The first-order chi connectivity index (χ1) is 48.7. The van der Waals surface area contributed by atoms with Gasteiger partial charge in [-0.1, -0.05) is 281 Å². The molecule has 3 aromatic carbocycles. The van der Waals surface area contributed by atoms with Crippen LogP contribution in [0.1, 0.15) is 282 Å². The minimum Gasteiger partial charge on any atom is -0.493 e. The van der Waals surface area contributed by atoms with Crippen molar-refractivity contribution in [1.82, 2.24) is 15.0 Å². The number of hydrogen-bond acceptors (Lipinski definition) is 16. The predicted molar refractivity (Wildman–Crippen MR) is 406 cm³/mol. The Labute approximate surface area is 596 Å². The molecule has 558 valence electrons. The molecule has 0 saturated heterocycles. The third-order valence-electron chi connectivity index (χ3n) is 17.6. The third-order valence-corrected chi connectivity index (χ3v) is 17.6. The number of benzene rings is 3. The van der Waals surface area contributed by atoms with Gasteiger partial charge in [-0.3, -0.25) is 0 Å².